The summed E-state index contributed by atoms with van der Waals surface area (Å²) in [6.45, 7) is 1.17. The van der Waals surface area contributed by atoms with Crippen molar-refractivity contribution in [3.8, 4) is 0 Å². The number of hydrogen-bond acceptors (Lipinski definition) is 3. The van der Waals surface area contributed by atoms with Crippen LogP contribution in [0.3, 0.4) is 0 Å². The molecule has 1 aromatic carbocycles. The van der Waals surface area contributed by atoms with Crippen LogP contribution in [0.1, 0.15) is 19.3 Å². The van der Waals surface area contributed by atoms with E-state index in [0.717, 1.165) is 25.1 Å². The lowest BCUT2D eigenvalue weighted by Crippen LogP contribution is -2.28. The maximum atomic E-state index is 12.9. The monoisotopic (exact) mass is 350 g/mol. The molecule has 0 radical (unpaired) electrons. The zero-order valence-electron chi connectivity index (χ0n) is 10.3. The Balaban J connectivity index is 1.86. The van der Waals surface area contributed by atoms with E-state index < -0.39 is 15.8 Å². The van der Waals surface area contributed by atoms with Gasteiger partial charge in [-0.15, -0.1) is 0 Å². The first-order valence-corrected chi connectivity index (χ1v) is 8.45. The van der Waals surface area contributed by atoms with Crippen LogP contribution in [0.25, 0.3) is 0 Å². The molecule has 7 heteroatoms. The number of hydrogen-bond donors (Lipinski definition) is 2. The number of halogens is 2. The Kier molecular flexibility index (Phi) is 4.94. The molecule has 106 valence electrons. The van der Waals surface area contributed by atoms with Crippen molar-refractivity contribution in [1.82, 2.24) is 10.0 Å². The van der Waals surface area contributed by atoms with Crippen molar-refractivity contribution in [3.05, 3.63) is 28.5 Å². The largest absolute Gasteiger partial charge is 0.314 e. The van der Waals surface area contributed by atoms with Gasteiger partial charge in [0.25, 0.3) is 0 Å². The summed E-state index contributed by atoms with van der Waals surface area (Å²) in [5.41, 5.74) is 0. The fourth-order valence-electron chi connectivity index (χ4n) is 1.66. The zero-order valence-corrected chi connectivity index (χ0v) is 12.7. The Morgan fingerprint density at radius 3 is 2.68 bits per heavy atom. The lowest BCUT2D eigenvalue weighted by molar-refractivity contribution is 0.572. The molecule has 2 rings (SSSR count). The average Bonchev–Trinajstić information content (AvgIpc) is 3.11. The van der Waals surface area contributed by atoms with Crippen molar-refractivity contribution in [1.29, 1.82) is 0 Å². The van der Waals surface area contributed by atoms with E-state index in [2.05, 4.69) is 26.0 Å². The van der Waals surface area contributed by atoms with Crippen LogP contribution in [0, 0.1) is 5.82 Å². The molecule has 0 unspecified atom stereocenters. The van der Waals surface area contributed by atoms with Gasteiger partial charge in [-0.1, -0.05) is 0 Å². The van der Waals surface area contributed by atoms with E-state index in [9.17, 15) is 12.8 Å². The standard InChI is InChI=1S/C12H16BrFN2O2S/c13-11-8-9(14)2-5-12(11)19(17,18)16-7-1-6-15-10-3-4-10/h2,5,8,10,15-16H,1,3-4,6-7H2. The highest BCUT2D eigenvalue weighted by molar-refractivity contribution is 9.10. The molecule has 4 nitrogen and oxygen atoms in total. The highest BCUT2D eigenvalue weighted by Gasteiger charge is 2.20. The Bertz CT molecular complexity index is 547. The number of benzene rings is 1. The van der Waals surface area contributed by atoms with Crippen LogP contribution >= 0.6 is 15.9 Å². The van der Waals surface area contributed by atoms with E-state index in [1.54, 1.807) is 0 Å². The van der Waals surface area contributed by atoms with Crippen molar-refractivity contribution >= 4 is 26.0 Å². The third kappa shape index (κ3) is 4.52. The van der Waals surface area contributed by atoms with E-state index in [1.807, 2.05) is 0 Å². The minimum atomic E-state index is -3.58. The van der Waals surface area contributed by atoms with Gasteiger partial charge in [0, 0.05) is 17.1 Å². The first-order valence-electron chi connectivity index (χ1n) is 6.17. The van der Waals surface area contributed by atoms with Gasteiger partial charge >= 0.3 is 0 Å². The molecule has 0 heterocycles. The van der Waals surface area contributed by atoms with Crippen molar-refractivity contribution in [2.45, 2.75) is 30.2 Å². The third-order valence-corrected chi connectivity index (χ3v) is 5.28. The van der Waals surface area contributed by atoms with Crippen LogP contribution in [0.5, 0.6) is 0 Å². The molecule has 1 aromatic rings. The summed E-state index contributed by atoms with van der Waals surface area (Å²) in [6, 6.07) is 4.16. The quantitative estimate of drug-likeness (QED) is 0.739. The predicted octanol–water partition coefficient (Wildman–Crippen LogP) is 2.01. The lowest BCUT2D eigenvalue weighted by atomic mass is 10.3. The van der Waals surface area contributed by atoms with Crippen LogP contribution in [0.4, 0.5) is 4.39 Å². The van der Waals surface area contributed by atoms with Crippen LogP contribution < -0.4 is 10.0 Å². The second kappa shape index (κ2) is 6.30. The Labute approximate surface area is 121 Å². The van der Waals surface area contributed by atoms with E-state index in [-0.39, 0.29) is 9.37 Å². The molecular weight excluding hydrogens is 335 g/mol. The maximum absolute atomic E-state index is 12.9. The molecule has 0 amide bonds. The molecular formula is C12H16BrFN2O2S. The summed E-state index contributed by atoms with van der Waals surface area (Å²) >= 11 is 3.06. The molecule has 2 N–H and O–H groups in total. The number of nitrogens with one attached hydrogen (secondary N) is 2. The average molecular weight is 351 g/mol. The second-order valence-electron chi connectivity index (χ2n) is 4.55. The van der Waals surface area contributed by atoms with Gasteiger partial charge in [-0.2, -0.15) is 0 Å². The zero-order chi connectivity index (χ0) is 13.9. The Morgan fingerprint density at radius 1 is 1.32 bits per heavy atom. The van der Waals surface area contributed by atoms with Gasteiger partial charge in [0.15, 0.2) is 0 Å². The van der Waals surface area contributed by atoms with Gasteiger partial charge in [-0.05, 0) is 59.9 Å². The van der Waals surface area contributed by atoms with Gasteiger partial charge in [-0.3, -0.25) is 0 Å². The summed E-state index contributed by atoms with van der Waals surface area (Å²) in [5.74, 6) is -0.473. The fourth-order valence-corrected chi connectivity index (χ4v) is 3.78. The minimum Gasteiger partial charge on any atom is -0.314 e. The summed E-state index contributed by atoms with van der Waals surface area (Å²) in [6.07, 6.45) is 3.16. The third-order valence-electron chi connectivity index (χ3n) is 2.84. The molecule has 1 aliphatic carbocycles. The SMILES string of the molecule is O=S(=O)(NCCCNC1CC1)c1ccc(F)cc1Br. The van der Waals surface area contributed by atoms with Crippen molar-refractivity contribution in [3.63, 3.8) is 0 Å². The van der Waals surface area contributed by atoms with Gasteiger partial charge in [0.2, 0.25) is 10.0 Å². The van der Waals surface area contributed by atoms with Crippen molar-refractivity contribution in [2.75, 3.05) is 13.1 Å². The molecule has 0 bridgehead atoms. The van der Waals surface area contributed by atoms with Gasteiger partial charge < -0.3 is 5.32 Å². The maximum Gasteiger partial charge on any atom is 0.241 e. The smallest absolute Gasteiger partial charge is 0.241 e. The Hall–Kier alpha value is -0.500. The van der Waals surface area contributed by atoms with Crippen LogP contribution in [-0.4, -0.2) is 27.5 Å². The molecule has 0 atom stereocenters. The lowest BCUT2D eigenvalue weighted by Gasteiger charge is -2.08. The summed E-state index contributed by atoms with van der Waals surface area (Å²) in [5, 5.41) is 3.31. The minimum absolute atomic E-state index is 0.0593. The second-order valence-corrected chi connectivity index (χ2v) is 7.14. The summed E-state index contributed by atoms with van der Waals surface area (Å²) in [7, 11) is -3.58. The van der Waals surface area contributed by atoms with Gasteiger partial charge in [0.05, 0.1) is 4.90 Å². The molecule has 19 heavy (non-hydrogen) atoms. The topological polar surface area (TPSA) is 58.2 Å². The molecule has 0 saturated heterocycles. The number of rotatable bonds is 7. The van der Waals surface area contributed by atoms with Crippen LogP contribution in [0.15, 0.2) is 27.6 Å². The Morgan fingerprint density at radius 2 is 2.05 bits per heavy atom. The first-order chi connectivity index (χ1) is 8.99. The van der Waals surface area contributed by atoms with Gasteiger partial charge in [0.1, 0.15) is 5.82 Å². The van der Waals surface area contributed by atoms with E-state index in [4.69, 9.17) is 0 Å². The summed E-state index contributed by atoms with van der Waals surface area (Å²) in [4.78, 5) is 0.0593. The number of sulfonamides is 1. The molecule has 0 aliphatic heterocycles. The van der Waals surface area contributed by atoms with Gasteiger partial charge in [-0.25, -0.2) is 17.5 Å². The highest BCUT2D eigenvalue weighted by atomic mass is 79.9. The molecule has 0 spiro atoms. The van der Waals surface area contributed by atoms with Crippen LogP contribution in [0.2, 0.25) is 0 Å². The first kappa shape index (κ1) is 14.9. The predicted molar refractivity (Wildman–Crippen MR) is 74.9 cm³/mol. The van der Waals surface area contributed by atoms with Crippen LogP contribution in [-0.2, 0) is 10.0 Å². The van der Waals surface area contributed by atoms with Crippen molar-refractivity contribution in [2.24, 2.45) is 0 Å². The summed E-state index contributed by atoms with van der Waals surface area (Å²) < 4.78 is 39.6. The molecule has 0 aromatic heterocycles. The molecule has 1 aliphatic rings. The molecule has 1 saturated carbocycles. The fraction of sp³-hybridized carbons (Fsp3) is 0.500. The van der Waals surface area contributed by atoms with Crippen molar-refractivity contribution < 1.29 is 12.8 Å². The van der Waals surface area contributed by atoms with E-state index in [1.165, 1.54) is 18.9 Å². The molecule has 1 fully saturated rings. The normalized spacial score (nSPS) is 15.7. The van der Waals surface area contributed by atoms with E-state index in [0.29, 0.717) is 12.6 Å². The highest BCUT2D eigenvalue weighted by Crippen LogP contribution is 2.22. The van der Waals surface area contributed by atoms with E-state index >= 15 is 0 Å².